The lowest BCUT2D eigenvalue weighted by Gasteiger charge is -2.11. The van der Waals surface area contributed by atoms with Gasteiger partial charge in [-0.3, -0.25) is 0 Å². The van der Waals surface area contributed by atoms with E-state index in [1.165, 1.54) is 80.3 Å². The number of thiophene rings is 1. The second kappa shape index (κ2) is 4.85. The minimum absolute atomic E-state index is 1.26. The molecule has 2 heteroatoms. The highest BCUT2D eigenvalue weighted by molar-refractivity contribution is 7.26. The number of hydrogen-bond donors (Lipinski definition) is 0. The van der Waals surface area contributed by atoms with Crippen LogP contribution in [-0.2, 0) is 0 Å². The van der Waals surface area contributed by atoms with Crippen molar-refractivity contribution in [3.63, 3.8) is 0 Å². The van der Waals surface area contributed by atoms with Gasteiger partial charge >= 0.3 is 0 Å². The van der Waals surface area contributed by atoms with Gasteiger partial charge in [-0.15, -0.1) is 11.3 Å². The Labute approximate surface area is 176 Å². The van der Waals surface area contributed by atoms with Crippen molar-refractivity contribution in [2.75, 3.05) is 0 Å². The Bertz CT molecular complexity index is 1780. The van der Waals surface area contributed by atoms with E-state index in [-0.39, 0.29) is 0 Å². The summed E-state index contributed by atoms with van der Waals surface area (Å²) in [5, 5.41) is 11.4. The molecular formula is C28H17NS. The molecule has 0 saturated carbocycles. The van der Waals surface area contributed by atoms with Crippen LogP contribution in [0.4, 0.5) is 0 Å². The van der Waals surface area contributed by atoms with Gasteiger partial charge in [-0.05, 0) is 72.1 Å². The molecule has 0 radical (unpaired) electrons. The Morgan fingerprint density at radius 3 is 1.57 bits per heavy atom. The average Bonchev–Trinajstić information content (AvgIpc) is 3.29. The van der Waals surface area contributed by atoms with Crippen molar-refractivity contribution in [1.29, 1.82) is 0 Å². The third-order valence-corrected chi connectivity index (χ3v) is 8.04. The first kappa shape index (κ1) is 15.5. The Kier molecular flexibility index (Phi) is 2.50. The number of nitrogens with zero attached hydrogens (tertiary/aromatic N) is 1. The van der Waals surface area contributed by atoms with Crippen LogP contribution in [0.25, 0.3) is 69.2 Å². The zero-order valence-electron chi connectivity index (χ0n) is 16.7. The quantitative estimate of drug-likeness (QED) is 0.193. The van der Waals surface area contributed by atoms with Crippen molar-refractivity contribution in [3.05, 3.63) is 77.9 Å². The molecular weight excluding hydrogens is 382 g/mol. The molecule has 0 saturated heterocycles. The van der Waals surface area contributed by atoms with E-state index in [1.807, 2.05) is 11.3 Å². The number of hydrogen-bond acceptors (Lipinski definition) is 1. The van der Waals surface area contributed by atoms with E-state index in [9.17, 15) is 0 Å². The molecule has 0 atom stereocenters. The van der Waals surface area contributed by atoms with Crippen LogP contribution in [0.2, 0.25) is 0 Å². The summed E-state index contributed by atoms with van der Waals surface area (Å²) in [5.74, 6) is 0. The van der Waals surface area contributed by atoms with Gasteiger partial charge in [0, 0.05) is 47.4 Å². The van der Waals surface area contributed by atoms with Crippen molar-refractivity contribution in [2.45, 2.75) is 13.8 Å². The smallest absolute Gasteiger partial charge is 0.0548 e. The van der Waals surface area contributed by atoms with Crippen LogP contribution in [0.3, 0.4) is 0 Å². The van der Waals surface area contributed by atoms with Gasteiger partial charge in [-0.25, -0.2) is 0 Å². The SMILES string of the molecule is Cc1cc(C)cc(-n2c3ccc4ccc5sc6ccc7ccc2c2c7c6c5c4c23)c1. The standard InChI is InChI=1S/C28H17NS/c1-14-11-15(2)13-18(12-14)29-19-7-3-16-5-9-21-27-23(16)25(19)26-20(29)8-4-17-6-10-22(30-21)28(27)24(17)26/h3-13H,1-2H3. The molecule has 0 aliphatic heterocycles. The molecule has 0 bridgehead atoms. The maximum Gasteiger partial charge on any atom is 0.0548 e. The largest absolute Gasteiger partial charge is 0.309 e. The Balaban J connectivity index is 1.77. The van der Waals surface area contributed by atoms with Gasteiger partial charge in [-0.2, -0.15) is 0 Å². The molecule has 30 heavy (non-hydrogen) atoms. The molecule has 8 rings (SSSR count). The summed E-state index contributed by atoms with van der Waals surface area (Å²) in [5.41, 5.74) is 6.50. The Morgan fingerprint density at radius 2 is 1.03 bits per heavy atom. The summed E-state index contributed by atoms with van der Waals surface area (Å²) in [4.78, 5) is 0. The zero-order chi connectivity index (χ0) is 19.7. The van der Waals surface area contributed by atoms with Crippen molar-refractivity contribution in [2.24, 2.45) is 0 Å². The first-order valence-electron chi connectivity index (χ1n) is 10.5. The lowest BCUT2D eigenvalue weighted by molar-refractivity contribution is 1.16. The van der Waals surface area contributed by atoms with Crippen LogP contribution in [-0.4, -0.2) is 4.57 Å². The number of benzene rings is 6. The normalized spacial score (nSPS) is 13.0. The van der Waals surface area contributed by atoms with Gasteiger partial charge in [0.1, 0.15) is 0 Å². The number of rotatable bonds is 1. The molecule has 0 unspecified atom stereocenters. The van der Waals surface area contributed by atoms with Gasteiger partial charge in [0.15, 0.2) is 0 Å². The number of aryl methyl sites for hydroxylation is 2. The summed E-state index contributed by atoms with van der Waals surface area (Å²) in [7, 11) is 0. The number of aromatic nitrogens is 1. The fourth-order valence-electron chi connectivity index (χ4n) is 5.93. The lowest BCUT2D eigenvalue weighted by atomic mass is 9.90. The van der Waals surface area contributed by atoms with Gasteiger partial charge < -0.3 is 4.57 Å². The highest BCUT2D eigenvalue weighted by atomic mass is 32.1. The zero-order valence-corrected chi connectivity index (χ0v) is 17.5. The average molecular weight is 400 g/mol. The monoisotopic (exact) mass is 399 g/mol. The highest BCUT2D eigenvalue weighted by Gasteiger charge is 2.25. The van der Waals surface area contributed by atoms with E-state index < -0.39 is 0 Å². The van der Waals surface area contributed by atoms with Gasteiger partial charge in [0.2, 0.25) is 0 Å². The lowest BCUT2D eigenvalue weighted by Crippen LogP contribution is -1.95. The van der Waals surface area contributed by atoms with Crippen molar-refractivity contribution in [3.8, 4) is 5.69 Å². The molecule has 0 aliphatic rings. The topological polar surface area (TPSA) is 4.93 Å². The first-order valence-corrected chi connectivity index (χ1v) is 11.3. The van der Waals surface area contributed by atoms with Crippen LogP contribution in [0.15, 0.2) is 66.7 Å². The van der Waals surface area contributed by atoms with E-state index in [2.05, 4.69) is 85.1 Å². The second-order valence-corrected chi connectivity index (χ2v) is 9.86. The Morgan fingerprint density at radius 1 is 0.533 bits per heavy atom. The third kappa shape index (κ3) is 1.60. The fraction of sp³-hybridized carbons (Fsp3) is 0.0714. The molecule has 0 fully saturated rings. The molecule has 2 aromatic heterocycles. The summed E-state index contributed by atoms with van der Waals surface area (Å²) in [6.45, 7) is 4.38. The summed E-state index contributed by atoms with van der Waals surface area (Å²) >= 11 is 1.93. The summed E-state index contributed by atoms with van der Waals surface area (Å²) in [6, 6.07) is 25.4. The second-order valence-electron chi connectivity index (χ2n) is 8.78. The summed E-state index contributed by atoms with van der Waals surface area (Å²) in [6.07, 6.45) is 0. The van der Waals surface area contributed by atoms with Gasteiger partial charge in [0.05, 0.1) is 11.0 Å². The molecule has 2 heterocycles. The van der Waals surface area contributed by atoms with Crippen LogP contribution >= 0.6 is 11.3 Å². The van der Waals surface area contributed by atoms with E-state index in [0.29, 0.717) is 0 Å². The minimum Gasteiger partial charge on any atom is -0.309 e. The van der Waals surface area contributed by atoms with Gasteiger partial charge in [0.25, 0.3) is 0 Å². The van der Waals surface area contributed by atoms with Gasteiger partial charge in [-0.1, -0.05) is 30.3 Å². The molecule has 0 spiro atoms. The van der Waals surface area contributed by atoms with Crippen molar-refractivity contribution < 1.29 is 0 Å². The fourth-order valence-corrected chi connectivity index (χ4v) is 7.05. The molecule has 1 nitrogen and oxygen atoms in total. The first-order chi connectivity index (χ1) is 14.7. The highest BCUT2D eigenvalue weighted by Crippen LogP contribution is 2.52. The van der Waals surface area contributed by atoms with E-state index >= 15 is 0 Å². The molecule has 8 aromatic rings. The predicted molar refractivity (Wildman–Crippen MR) is 132 cm³/mol. The van der Waals surface area contributed by atoms with Crippen LogP contribution in [0, 0.1) is 13.8 Å². The molecule has 0 aliphatic carbocycles. The van der Waals surface area contributed by atoms with E-state index in [0.717, 1.165) is 0 Å². The molecule has 0 N–H and O–H groups in total. The molecule has 140 valence electrons. The molecule has 6 aromatic carbocycles. The van der Waals surface area contributed by atoms with Crippen LogP contribution in [0.1, 0.15) is 11.1 Å². The van der Waals surface area contributed by atoms with Crippen LogP contribution in [0.5, 0.6) is 0 Å². The third-order valence-electron chi connectivity index (χ3n) is 6.92. The summed E-state index contributed by atoms with van der Waals surface area (Å²) < 4.78 is 5.29. The van der Waals surface area contributed by atoms with E-state index in [1.54, 1.807) is 0 Å². The Hall–Kier alpha value is -3.36. The maximum absolute atomic E-state index is 2.48. The van der Waals surface area contributed by atoms with Crippen molar-refractivity contribution in [1.82, 2.24) is 4.57 Å². The maximum atomic E-state index is 2.48. The minimum atomic E-state index is 1.26. The molecule has 0 amide bonds. The predicted octanol–water partition coefficient (Wildman–Crippen LogP) is 8.39. The van der Waals surface area contributed by atoms with E-state index in [4.69, 9.17) is 0 Å². The van der Waals surface area contributed by atoms with Crippen molar-refractivity contribution >= 4 is 74.9 Å². The van der Waals surface area contributed by atoms with Crippen LogP contribution < -0.4 is 0 Å².